The number of aliphatic hydroxyl groups is 1. The number of amides is 2. The minimum atomic E-state index is -0.143. The number of phenols is 1. The second-order valence-electron chi connectivity index (χ2n) is 13.8. The predicted octanol–water partition coefficient (Wildman–Crippen LogP) is 5.28. The van der Waals surface area contributed by atoms with Crippen LogP contribution >= 0.6 is 0 Å². The van der Waals surface area contributed by atoms with Gasteiger partial charge in [0.2, 0.25) is 11.8 Å². The van der Waals surface area contributed by atoms with Gasteiger partial charge >= 0.3 is 0 Å². The number of rotatable bonds is 6. The van der Waals surface area contributed by atoms with Crippen LogP contribution in [0.25, 0.3) is 0 Å². The van der Waals surface area contributed by atoms with Crippen LogP contribution in [0.2, 0.25) is 0 Å². The van der Waals surface area contributed by atoms with Crippen molar-refractivity contribution in [2.75, 3.05) is 76.8 Å². The number of carbonyl (C=O) groups is 2. The number of nitrogens with one attached hydrogen (secondary N) is 2. The van der Waals surface area contributed by atoms with Gasteiger partial charge in [-0.25, -0.2) is 0 Å². The Morgan fingerprint density at radius 3 is 1.46 bits per heavy atom. The molecule has 12 heteroatoms. The van der Waals surface area contributed by atoms with Crippen LogP contribution in [0, 0.1) is 0 Å². The van der Waals surface area contributed by atoms with E-state index >= 15 is 0 Å². The van der Waals surface area contributed by atoms with Gasteiger partial charge in [-0.2, -0.15) is 0 Å². The zero-order valence-electron chi connectivity index (χ0n) is 31.6. The first-order valence-corrected chi connectivity index (χ1v) is 18.2. The van der Waals surface area contributed by atoms with Crippen LogP contribution in [-0.2, 0) is 9.59 Å². The van der Waals surface area contributed by atoms with Gasteiger partial charge in [0, 0.05) is 88.4 Å². The molecule has 0 atom stereocenters. The van der Waals surface area contributed by atoms with E-state index < -0.39 is 0 Å². The van der Waals surface area contributed by atoms with E-state index in [1.807, 2.05) is 48.5 Å². The highest BCUT2D eigenvalue weighted by Gasteiger charge is 2.19. The summed E-state index contributed by atoms with van der Waals surface area (Å²) >= 11 is 0. The number of likely N-dealkylation sites (tertiary alicyclic amines) is 3. The number of aromatic hydroxyl groups is 1. The molecule has 2 amide bonds. The summed E-state index contributed by atoms with van der Waals surface area (Å²) < 4.78 is 11.8. The van der Waals surface area contributed by atoms with Crippen molar-refractivity contribution in [1.29, 1.82) is 0 Å². The van der Waals surface area contributed by atoms with Gasteiger partial charge < -0.3 is 50.8 Å². The SMILES string of the molecule is CC(=O)Nc1cccc(O)c1.CC(=O)Nc1cccc(OC2CCN(C)CC2)c1.CN1CCC(O)CC1.CN1CCC(Oc2cccc(N)c2)CC1. The molecule has 0 radical (unpaired) electrons. The molecule has 286 valence electrons. The Kier molecular flexibility index (Phi) is 18.2. The Labute approximate surface area is 309 Å². The molecule has 0 aliphatic carbocycles. The predicted molar refractivity (Wildman–Crippen MR) is 209 cm³/mol. The molecule has 0 saturated carbocycles. The van der Waals surface area contributed by atoms with Crippen LogP contribution in [0.3, 0.4) is 0 Å². The Hall–Kier alpha value is -4.36. The van der Waals surface area contributed by atoms with E-state index in [1.165, 1.54) is 19.9 Å². The molecule has 0 unspecified atom stereocenters. The molecule has 0 aromatic heterocycles. The molecule has 3 aliphatic rings. The van der Waals surface area contributed by atoms with Crippen LogP contribution in [0.15, 0.2) is 72.8 Å². The van der Waals surface area contributed by atoms with Crippen molar-refractivity contribution in [2.24, 2.45) is 0 Å². The summed E-state index contributed by atoms with van der Waals surface area (Å²) in [5, 5.41) is 23.3. The minimum absolute atomic E-state index is 0.0220. The highest BCUT2D eigenvalue weighted by Crippen LogP contribution is 2.23. The molecule has 12 nitrogen and oxygen atoms in total. The summed E-state index contributed by atoms with van der Waals surface area (Å²) in [5.41, 5.74) is 7.86. The zero-order valence-corrected chi connectivity index (χ0v) is 31.6. The van der Waals surface area contributed by atoms with E-state index in [9.17, 15) is 9.59 Å². The molecular formula is C40H60N6O6. The molecule has 3 heterocycles. The molecule has 3 fully saturated rings. The number of ether oxygens (including phenoxy) is 2. The fourth-order valence-corrected chi connectivity index (χ4v) is 5.81. The topological polar surface area (TPSA) is 153 Å². The van der Waals surface area contributed by atoms with Crippen molar-refractivity contribution >= 4 is 28.9 Å². The quantitative estimate of drug-likeness (QED) is 0.213. The number of aliphatic hydroxyl groups excluding tert-OH is 1. The Balaban J connectivity index is 0.000000195. The summed E-state index contributed by atoms with van der Waals surface area (Å²) in [4.78, 5) is 28.4. The summed E-state index contributed by atoms with van der Waals surface area (Å²) in [5.74, 6) is 1.67. The maximum absolute atomic E-state index is 11.0. The number of phenolic OH excluding ortho intramolecular Hbond substituents is 1. The normalized spacial score (nSPS) is 17.5. The molecule has 3 aromatic carbocycles. The molecule has 6 N–H and O–H groups in total. The first-order chi connectivity index (χ1) is 24.8. The lowest BCUT2D eigenvalue weighted by atomic mass is 10.1. The van der Waals surface area contributed by atoms with Gasteiger partial charge in [-0.15, -0.1) is 0 Å². The third-order valence-corrected chi connectivity index (χ3v) is 8.80. The number of carbonyl (C=O) groups excluding carboxylic acids is 2. The largest absolute Gasteiger partial charge is 0.508 e. The van der Waals surface area contributed by atoms with E-state index in [2.05, 4.69) is 46.5 Å². The zero-order chi connectivity index (χ0) is 37.9. The average Bonchev–Trinajstić information content (AvgIpc) is 3.09. The third kappa shape index (κ3) is 17.7. The van der Waals surface area contributed by atoms with E-state index in [0.717, 1.165) is 101 Å². The van der Waals surface area contributed by atoms with Crippen molar-refractivity contribution in [2.45, 2.75) is 70.7 Å². The first-order valence-electron chi connectivity index (χ1n) is 18.2. The highest BCUT2D eigenvalue weighted by molar-refractivity contribution is 5.89. The fourth-order valence-electron chi connectivity index (χ4n) is 5.81. The van der Waals surface area contributed by atoms with E-state index in [4.69, 9.17) is 25.4 Å². The molecule has 0 bridgehead atoms. The number of nitrogens with zero attached hydrogens (tertiary/aromatic N) is 3. The highest BCUT2D eigenvalue weighted by atomic mass is 16.5. The second-order valence-corrected chi connectivity index (χ2v) is 13.8. The van der Waals surface area contributed by atoms with Crippen LogP contribution in [0.4, 0.5) is 17.1 Å². The van der Waals surface area contributed by atoms with Crippen molar-refractivity contribution in [1.82, 2.24) is 14.7 Å². The standard InChI is InChI=1S/C14H20N2O2.C12H18N2O.C8H9NO2.C6H13NO/c1-11(17)15-12-4-3-5-14(10-12)18-13-6-8-16(2)9-7-13;1-14-7-5-11(6-8-14)15-12-4-2-3-10(13)9-12;1-6(10)9-7-3-2-4-8(11)5-7;1-7-4-2-6(8)3-5-7/h3-5,10,13H,6-9H2,1-2H3,(H,15,17);2-4,9,11H,5-8,13H2,1H3;2-5,11H,1H3,(H,9,10);6,8H,2-5H2,1H3. The van der Waals surface area contributed by atoms with E-state index in [-0.39, 0.29) is 29.8 Å². The van der Waals surface area contributed by atoms with Gasteiger partial charge in [0.15, 0.2) is 0 Å². The Morgan fingerprint density at radius 2 is 1.04 bits per heavy atom. The van der Waals surface area contributed by atoms with Gasteiger partial charge in [0.05, 0.1) is 6.10 Å². The summed E-state index contributed by atoms with van der Waals surface area (Å²) in [6, 6.07) is 21.6. The van der Waals surface area contributed by atoms with Crippen molar-refractivity contribution in [3.8, 4) is 17.2 Å². The van der Waals surface area contributed by atoms with Gasteiger partial charge in [0.25, 0.3) is 0 Å². The van der Waals surface area contributed by atoms with Crippen molar-refractivity contribution in [3.63, 3.8) is 0 Å². The smallest absolute Gasteiger partial charge is 0.221 e. The number of nitrogen functional groups attached to an aromatic ring is 1. The van der Waals surface area contributed by atoms with Gasteiger partial charge in [-0.3, -0.25) is 9.59 Å². The third-order valence-electron chi connectivity index (χ3n) is 8.80. The fraction of sp³-hybridized carbons (Fsp3) is 0.500. The maximum Gasteiger partial charge on any atom is 0.221 e. The lowest BCUT2D eigenvalue weighted by Gasteiger charge is -2.29. The van der Waals surface area contributed by atoms with Crippen LogP contribution in [-0.4, -0.2) is 115 Å². The molecule has 0 spiro atoms. The lowest BCUT2D eigenvalue weighted by Crippen LogP contribution is -2.35. The molecule has 3 aliphatic heterocycles. The van der Waals surface area contributed by atoms with Gasteiger partial charge in [-0.05, 0) is 96.1 Å². The van der Waals surface area contributed by atoms with Crippen LogP contribution in [0.5, 0.6) is 17.2 Å². The number of hydrogen-bond donors (Lipinski definition) is 5. The number of nitrogens with two attached hydrogens (primary N) is 1. The lowest BCUT2D eigenvalue weighted by molar-refractivity contribution is -0.115. The molecule has 6 rings (SSSR count). The number of piperidine rings is 3. The number of benzene rings is 3. The average molecular weight is 721 g/mol. The molecule has 52 heavy (non-hydrogen) atoms. The Morgan fingerprint density at radius 1 is 0.635 bits per heavy atom. The van der Waals surface area contributed by atoms with Gasteiger partial charge in [-0.1, -0.05) is 18.2 Å². The molecule has 3 saturated heterocycles. The molecular weight excluding hydrogens is 660 g/mol. The van der Waals surface area contributed by atoms with Crippen LogP contribution in [0.1, 0.15) is 52.4 Å². The van der Waals surface area contributed by atoms with Crippen molar-refractivity contribution in [3.05, 3.63) is 72.8 Å². The van der Waals surface area contributed by atoms with E-state index in [0.29, 0.717) is 11.8 Å². The minimum Gasteiger partial charge on any atom is -0.508 e. The summed E-state index contributed by atoms with van der Waals surface area (Å²) in [7, 11) is 6.37. The summed E-state index contributed by atoms with van der Waals surface area (Å²) in [6.45, 7) is 9.43. The maximum atomic E-state index is 11.0. The second kappa shape index (κ2) is 22.5. The van der Waals surface area contributed by atoms with Crippen molar-refractivity contribution < 1.29 is 29.3 Å². The molecule has 3 aromatic rings. The first kappa shape index (κ1) is 42.1. The number of hydrogen-bond acceptors (Lipinski definition) is 10. The van der Waals surface area contributed by atoms with E-state index in [1.54, 1.807) is 18.2 Å². The monoisotopic (exact) mass is 720 g/mol. The number of anilines is 3. The Bertz CT molecular complexity index is 1470. The van der Waals surface area contributed by atoms with Crippen LogP contribution < -0.4 is 25.8 Å². The van der Waals surface area contributed by atoms with Gasteiger partial charge in [0.1, 0.15) is 29.5 Å². The summed E-state index contributed by atoms with van der Waals surface area (Å²) in [6.07, 6.45) is 6.84.